The number of nitrogens with one attached hydrogen (secondary N) is 1. The first-order valence-corrected chi connectivity index (χ1v) is 18.1. The Bertz CT molecular complexity index is 2700. The largest absolute Gasteiger partial charge is 0.464 e. The van der Waals surface area contributed by atoms with Gasteiger partial charge in [-0.15, -0.1) is 11.3 Å². The van der Waals surface area contributed by atoms with E-state index in [2.05, 4.69) is 121 Å². The number of benzene rings is 7. The van der Waals surface area contributed by atoms with E-state index >= 15 is 0 Å². The van der Waals surface area contributed by atoms with Crippen LogP contribution in [-0.4, -0.2) is 15.0 Å². The van der Waals surface area contributed by atoms with Crippen LogP contribution < -0.4 is 10.1 Å². The summed E-state index contributed by atoms with van der Waals surface area (Å²) in [4.78, 5) is 15.3. The molecular weight excluding hydrogens is 657 g/mol. The smallest absolute Gasteiger partial charge is 0.198 e. The van der Waals surface area contributed by atoms with E-state index in [0.717, 1.165) is 49.3 Å². The third-order valence-corrected chi connectivity index (χ3v) is 10.9. The third-order valence-electron chi connectivity index (χ3n) is 9.62. The number of thiophene rings is 1. The first kappa shape index (κ1) is 30.2. The predicted octanol–water partition coefficient (Wildman–Crippen LogP) is 12.1. The molecule has 1 atom stereocenters. The van der Waals surface area contributed by atoms with Crippen molar-refractivity contribution in [3.8, 4) is 62.2 Å². The zero-order valence-electron chi connectivity index (χ0n) is 27.9. The number of aromatic nitrogens is 3. The second-order valence-electron chi connectivity index (χ2n) is 12.8. The highest BCUT2D eigenvalue weighted by atomic mass is 32.1. The Kier molecular flexibility index (Phi) is 7.32. The van der Waals surface area contributed by atoms with Crippen molar-refractivity contribution in [1.29, 1.82) is 0 Å². The Balaban J connectivity index is 1.17. The Morgan fingerprint density at radius 1 is 0.442 bits per heavy atom. The Labute approximate surface area is 304 Å². The molecule has 1 aliphatic heterocycles. The van der Waals surface area contributed by atoms with Crippen molar-refractivity contribution in [1.82, 2.24) is 15.0 Å². The number of hydrogen-bond acceptors (Lipinski definition) is 6. The second kappa shape index (κ2) is 12.6. The van der Waals surface area contributed by atoms with Gasteiger partial charge in [-0.2, -0.15) is 0 Å². The lowest BCUT2D eigenvalue weighted by atomic mass is 9.96. The molecule has 52 heavy (non-hydrogen) atoms. The molecule has 1 unspecified atom stereocenters. The van der Waals surface area contributed by atoms with E-state index in [1.54, 1.807) is 11.3 Å². The predicted molar refractivity (Wildman–Crippen MR) is 213 cm³/mol. The van der Waals surface area contributed by atoms with Crippen LogP contribution in [0.3, 0.4) is 0 Å². The SMILES string of the molecule is c1ccc(-c2ccc(-c3nc(-c4ccccc4)nc(-c4cccc5c4sc4c(C6Nc7ccccc7O6)ccc(-c6ccccc6)c45)n3)cc2)cc1. The first-order chi connectivity index (χ1) is 25.8. The minimum Gasteiger partial charge on any atom is -0.464 e. The normalized spacial score (nSPS) is 13.5. The summed E-state index contributed by atoms with van der Waals surface area (Å²) in [5, 5.41) is 5.96. The number of ether oxygens (including phenoxy) is 1. The summed E-state index contributed by atoms with van der Waals surface area (Å²) in [5.41, 5.74) is 9.59. The minimum atomic E-state index is -0.312. The standard InChI is InChI=1S/C46H30N4OS/c1-4-13-29(14-5-1)30-23-25-33(26-24-30)44-48-43(32-17-8-3-9-18-32)49-45(50-44)36-20-12-19-35-40-34(31-15-6-2-7-16-31)27-28-37(42(40)52-41(35)36)46-47-38-21-10-11-22-39(38)51-46/h1-28,46-47H. The van der Waals surface area contributed by atoms with Crippen LogP contribution in [0.1, 0.15) is 11.8 Å². The molecule has 2 aromatic heterocycles. The summed E-state index contributed by atoms with van der Waals surface area (Å²) in [7, 11) is 0. The topological polar surface area (TPSA) is 59.9 Å². The molecule has 0 fully saturated rings. The molecule has 5 nitrogen and oxygen atoms in total. The van der Waals surface area contributed by atoms with Crippen molar-refractivity contribution in [2.45, 2.75) is 6.23 Å². The van der Waals surface area contributed by atoms with Gasteiger partial charge in [0, 0.05) is 42.4 Å². The third kappa shape index (κ3) is 5.29. The van der Waals surface area contributed by atoms with Gasteiger partial charge in [0.25, 0.3) is 0 Å². The van der Waals surface area contributed by atoms with E-state index < -0.39 is 0 Å². The van der Waals surface area contributed by atoms with Crippen LogP contribution in [-0.2, 0) is 0 Å². The van der Waals surface area contributed by atoms with E-state index in [4.69, 9.17) is 19.7 Å². The molecule has 7 aromatic carbocycles. The number of para-hydroxylation sites is 2. The van der Waals surface area contributed by atoms with E-state index in [-0.39, 0.29) is 6.23 Å². The van der Waals surface area contributed by atoms with Gasteiger partial charge in [-0.1, -0.05) is 152 Å². The quantitative estimate of drug-likeness (QED) is 0.189. The maximum Gasteiger partial charge on any atom is 0.198 e. The number of fused-ring (bicyclic) bond motifs is 4. The van der Waals surface area contributed by atoms with Crippen molar-refractivity contribution in [2.24, 2.45) is 0 Å². The van der Waals surface area contributed by atoms with Crippen molar-refractivity contribution in [2.75, 3.05) is 5.32 Å². The summed E-state index contributed by atoms with van der Waals surface area (Å²) >= 11 is 1.77. The van der Waals surface area contributed by atoms with E-state index in [0.29, 0.717) is 17.5 Å². The summed E-state index contributed by atoms with van der Waals surface area (Å²) in [5.74, 6) is 2.77. The Morgan fingerprint density at radius 3 is 1.73 bits per heavy atom. The van der Waals surface area contributed by atoms with Crippen LogP contribution in [0.4, 0.5) is 5.69 Å². The van der Waals surface area contributed by atoms with Gasteiger partial charge < -0.3 is 10.1 Å². The van der Waals surface area contributed by atoms with Crippen LogP contribution in [0.2, 0.25) is 0 Å². The number of anilines is 1. The molecule has 0 saturated heterocycles. The molecular formula is C46H30N4OS. The van der Waals surface area contributed by atoms with Gasteiger partial charge in [0.15, 0.2) is 23.7 Å². The lowest BCUT2D eigenvalue weighted by molar-refractivity contribution is 0.261. The highest BCUT2D eigenvalue weighted by Crippen LogP contribution is 2.48. The molecule has 9 aromatic rings. The zero-order valence-corrected chi connectivity index (χ0v) is 28.7. The molecule has 0 bridgehead atoms. The summed E-state index contributed by atoms with van der Waals surface area (Å²) in [6.07, 6.45) is -0.312. The molecule has 6 heteroatoms. The maximum atomic E-state index is 6.49. The van der Waals surface area contributed by atoms with Crippen molar-refractivity contribution in [3.63, 3.8) is 0 Å². The van der Waals surface area contributed by atoms with Gasteiger partial charge >= 0.3 is 0 Å². The van der Waals surface area contributed by atoms with Crippen LogP contribution in [0.25, 0.3) is 76.6 Å². The lowest BCUT2D eigenvalue weighted by Gasteiger charge is -2.15. The highest BCUT2D eigenvalue weighted by Gasteiger charge is 2.27. The van der Waals surface area contributed by atoms with Crippen LogP contribution >= 0.6 is 11.3 Å². The molecule has 0 radical (unpaired) electrons. The van der Waals surface area contributed by atoms with Gasteiger partial charge in [-0.25, -0.2) is 15.0 Å². The van der Waals surface area contributed by atoms with Gasteiger partial charge in [-0.05, 0) is 40.5 Å². The summed E-state index contributed by atoms with van der Waals surface area (Å²) in [6.45, 7) is 0. The minimum absolute atomic E-state index is 0.312. The van der Waals surface area contributed by atoms with E-state index in [1.165, 1.54) is 26.8 Å². The fraction of sp³-hybridized carbons (Fsp3) is 0.0217. The second-order valence-corrected chi connectivity index (χ2v) is 13.8. The number of rotatable bonds is 6. The highest BCUT2D eigenvalue weighted by molar-refractivity contribution is 7.26. The Hall–Kier alpha value is -6.63. The van der Waals surface area contributed by atoms with Crippen LogP contribution in [0.5, 0.6) is 5.75 Å². The molecule has 0 saturated carbocycles. The van der Waals surface area contributed by atoms with E-state index in [1.807, 2.05) is 54.6 Å². The fourth-order valence-electron chi connectivity index (χ4n) is 7.07. The van der Waals surface area contributed by atoms with Gasteiger partial charge in [0.05, 0.1) is 5.69 Å². The van der Waals surface area contributed by atoms with Crippen molar-refractivity contribution >= 4 is 37.2 Å². The lowest BCUT2D eigenvalue weighted by Crippen LogP contribution is -2.10. The zero-order chi connectivity index (χ0) is 34.4. The summed E-state index contributed by atoms with van der Waals surface area (Å²) < 4.78 is 8.77. The average Bonchev–Trinajstić information content (AvgIpc) is 3.84. The molecule has 0 amide bonds. The van der Waals surface area contributed by atoms with Crippen LogP contribution in [0.15, 0.2) is 170 Å². The van der Waals surface area contributed by atoms with Crippen LogP contribution in [0, 0.1) is 0 Å². The summed E-state index contributed by atoms with van der Waals surface area (Å²) in [6, 6.07) is 58.6. The molecule has 1 aliphatic rings. The molecule has 0 aliphatic carbocycles. The molecule has 1 N–H and O–H groups in total. The number of hydrogen-bond donors (Lipinski definition) is 1. The first-order valence-electron chi connectivity index (χ1n) is 17.3. The Morgan fingerprint density at radius 2 is 1.02 bits per heavy atom. The monoisotopic (exact) mass is 686 g/mol. The van der Waals surface area contributed by atoms with Gasteiger partial charge in [-0.3, -0.25) is 0 Å². The van der Waals surface area contributed by atoms with Crippen molar-refractivity contribution < 1.29 is 4.74 Å². The molecule has 246 valence electrons. The maximum absolute atomic E-state index is 6.49. The number of nitrogens with zero attached hydrogens (tertiary/aromatic N) is 3. The van der Waals surface area contributed by atoms with Crippen molar-refractivity contribution in [3.05, 3.63) is 175 Å². The molecule has 3 heterocycles. The van der Waals surface area contributed by atoms with E-state index in [9.17, 15) is 0 Å². The van der Waals surface area contributed by atoms with Gasteiger partial charge in [0.2, 0.25) is 0 Å². The fourth-order valence-corrected chi connectivity index (χ4v) is 8.44. The van der Waals surface area contributed by atoms with Gasteiger partial charge in [0.1, 0.15) is 5.75 Å². The molecule has 0 spiro atoms. The molecule has 10 rings (SSSR count). The average molecular weight is 687 g/mol.